The number of nitrogens with zero attached hydrogens (tertiary/aromatic N) is 2. The van der Waals surface area contributed by atoms with Crippen molar-refractivity contribution in [1.82, 2.24) is 9.78 Å². The summed E-state index contributed by atoms with van der Waals surface area (Å²) in [6.45, 7) is 1.22. The predicted octanol–water partition coefficient (Wildman–Crippen LogP) is 4.71. The van der Waals surface area contributed by atoms with Crippen molar-refractivity contribution in [3.8, 4) is 17.2 Å². The largest absolute Gasteiger partial charge is 0.493 e. The molecule has 1 amide bonds. The van der Waals surface area contributed by atoms with E-state index in [-0.39, 0.29) is 23.2 Å². The van der Waals surface area contributed by atoms with E-state index in [2.05, 4.69) is 10.4 Å². The van der Waals surface area contributed by atoms with Crippen LogP contribution in [0, 0.1) is 0 Å². The van der Waals surface area contributed by atoms with Crippen molar-refractivity contribution in [3.05, 3.63) is 66.0 Å². The summed E-state index contributed by atoms with van der Waals surface area (Å²) in [5.74, 6) is 0.210. The van der Waals surface area contributed by atoms with Crippen LogP contribution in [-0.4, -0.2) is 42.1 Å². The van der Waals surface area contributed by atoms with E-state index in [1.165, 1.54) is 30.1 Å². The van der Waals surface area contributed by atoms with Gasteiger partial charge in [-0.15, -0.1) is 0 Å². The molecule has 0 radical (unpaired) electrons. The zero-order chi connectivity index (χ0) is 23.4. The summed E-state index contributed by atoms with van der Waals surface area (Å²) in [5, 5.41) is 6.84. The third-order valence-electron chi connectivity index (χ3n) is 5.13. The molecule has 3 aromatic rings. The van der Waals surface area contributed by atoms with E-state index in [0.717, 1.165) is 31.6 Å². The Hall–Kier alpha value is -3.53. The van der Waals surface area contributed by atoms with Gasteiger partial charge in [-0.1, -0.05) is 6.07 Å². The molecule has 4 rings (SSSR count). The number of alkyl halides is 3. The number of carbonyl (C=O) groups excluding carboxylic acids is 1. The Balaban J connectivity index is 1.45. The molecule has 10 heteroatoms. The SMILES string of the molecule is COc1cn(-c2cccc(C(F)(F)F)c2)nc1C(=O)Nc1ccc(OCC2CCCO2)cc1. The fourth-order valence-electron chi connectivity index (χ4n) is 3.41. The second-order valence-electron chi connectivity index (χ2n) is 7.46. The molecule has 1 atom stereocenters. The zero-order valence-electron chi connectivity index (χ0n) is 17.8. The number of ether oxygens (including phenoxy) is 3. The van der Waals surface area contributed by atoms with E-state index in [1.807, 2.05) is 0 Å². The van der Waals surface area contributed by atoms with Crippen molar-refractivity contribution < 1.29 is 32.2 Å². The van der Waals surface area contributed by atoms with Crippen molar-refractivity contribution >= 4 is 11.6 Å². The molecular weight excluding hydrogens is 439 g/mol. The molecule has 0 saturated carbocycles. The van der Waals surface area contributed by atoms with Gasteiger partial charge in [0.2, 0.25) is 0 Å². The predicted molar refractivity (Wildman–Crippen MR) is 114 cm³/mol. The molecule has 7 nitrogen and oxygen atoms in total. The Bertz CT molecular complexity index is 1110. The molecule has 1 aliphatic heterocycles. The number of methoxy groups -OCH3 is 1. The molecule has 1 aromatic heterocycles. The molecular formula is C23H22F3N3O4. The Labute approximate surface area is 188 Å². The third-order valence-corrected chi connectivity index (χ3v) is 5.13. The van der Waals surface area contributed by atoms with Gasteiger partial charge in [0.05, 0.1) is 30.7 Å². The Morgan fingerprint density at radius 3 is 2.70 bits per heavy atom. The Morgan fingerprint density at radius 2 is 2.03 bits per heavy atom. The summed E-state index contributed by atoms with van der Waals surface area (Å²) >= 11 is 0. The number of hydrogen-bond acceptors (Lipinski definition) is 5. The molecule has 1 N–H and O–H groups in total. The van der Waals surface area contributed by atoms with Gasteiger partial charge in [-0.25, -0.2) is 4.68 Å². The van der Waals surface area contributed by atoms with E-state index in [1.54, 1.807) is 24.3 Å². The average Bonchev–Trinajstić information content (AvgIpc) is 3.48. The first-order valence-corrected chi connectivity index (χ1v) is 10.3. The molecule has 2 aromatic carbocycles. The number of aromatic nitrogens is 2. The molecule has 1 aliphatic rings. The van der Waals surface area contributed by atoms with Crippen molar-refractivity contribution in [2.24, 2.45) is 0 Å². The van der Waals surface area contributed by atoms with Gasteiger partial charge in [0.1, 0.15) is 12.4 Å². The van der Waals surface area contributed by atoms with E-state index >= 15 is 0 Å². The topological polar surface area (TPSA) is 74.6 Å². The molecule has 2 heterocycles. The van der Waals surface area contributed by atoms with Gasteiger partial charge in [-0.05, 0) is 55.3 Å². The molecule has 174 valence electrons. The lowest BCUT2D eigenvalue weighted by molar-refractivity contribution is -0.137. The normalized spacial score (nSPS) is 15.9. The number of rotatable bonds is 7. The first-order valence-electron chi connectivity index (χ1n) is 10.3. The highest BCUT2D eigenvalue weighted by molar-refractivity contribution is 6.04. The van der Waals surface area contributed by atoms with Gasteiger partial charge in [0.15, 0.2) is 11.4 Å². The number of benzene rings is 2. The second-order valence-corrected chi connectivity index (χ2v) is 7.46. The van der Waals surface area contributed by atoms with Crippen LogP contribution in [0.3, 0.4) is 0 Å². The number of nitrogens with one attached hydrogen (secondary N) is 1. The highest BCUT2D eigenvalue weighted by Gasteiger charge is 2.31. The number of carbonyl (C=O) groups is 1. The smallest absolute Gasteiger partial charge is 0.416 e. The highest BCUT2D eigenvalue weighted by atomic mass is 19.4. The molecule has 0 spiro atoms. The lowest BCUT2D eigenvalue weighted by Crippen LogP contribution is -2.16. The maximum Gasteiger partial charge on any atom is 0.416 e. The average molecular weight is 461 g/mol. The second kappa shape index (κ2) is 9.53. The van der Waals surface area contributed by atoms with Crippen LogP contribution in [0.25, 0.3) is 5.69 Å². The maximum atomic E-state index is 13.0. The van der Waals surface area contributed by atoms with E-state index < -0.39 is 17.6 Å². The van der Waals surface area contributed by atoms with Crippen LogP contribution < -0.4 is 14.8 Å². The molecule has 33 heavy (non-hydrogen) atoms. The van der Waals surface area contributed by atoms with Crippen LogP contribution in [0.5, 0.6) is 11.5 Å². The van der Waals surface area contributed by atoms with Crippen molar-refractivity contribution in [2.45, 2.75) is 25.1 Å². The lowest BCUT2D eigenvalue weighted by Gasteiger charge is -2.12. The standard InChI is InChI=1S/C23H22F3N3O4/c1-31-20-13-29(17-5-2-4-15(12-17)23(24,25)26)28-21(20)22(30)27-16-7-9-18(10-8-16)33-14-19-6-3-11-32-19/h2,4-5,7-10,12-13,19H,3,6,11,14H2,1H3,(H,27,30). The Kier molecular flexibility index (Phi) is 6.55. The number of halogens is 3. The van der Waals surface area contributed by atoms with Crippen LogP contribution in [0.4, 0.5) is 18.9 Å². The minimum atomic E-state index is -4.49. The number of anilines is 1. The minimum Gasteiger partial charge on any atom is -0.493 e. The Morgan fingerprint density at radius 1 is 1.24 bits per heavy atom. The quantitative estimate of drug-likeness (QED) is 0.552. The fourth-order valence-corrected chi connectivity index (χ4v) is 3.41. The summed E-state index contributed by atoms with van der Waals surface area (Å²) in [4.78, 5) is 12.8. The summed E-state index contributed by atoms with van der Waals surface area (Å²) in [6, 6.07) is 11.5. The van der Waals surface area contributed by atoms with Crippen LogP contribution in [0.2, 0.25) is 0 Å². The summed E-state index contributed by atoms with van der Waals surface area (Å²) in [5.41, 5.74) is -0.231. The molecule has 1 fully saturated rings. The summed E-state index contributed by atoms with van der Waals surface area (Å²) in [7, 11) is 1.35. The van der Waals surface area contributed by atoms with E-state index in [0.29, 0.717) is 18.0 Å². The number of hydrogen-bond donors (Lipinski definition) is 1. The van der Waals surface area contributed by atoms with Gasteiger partial charge in [0.25, 0.3) is 5.91 Å². The first kappa shape index (κ1) is 22.7. The summed E-state index contributed by atoms with van der Waals surface area (Å²) < 4.78 is 56.7. The monoisotopic (exact) mass is 461 g/mol. The van der Waals surface area contributed by atoms with Gasteiger partial charge >= 0.3 is 6.18 Å². The zero-order valence-corrected chi connectivity index (χ0v) is 17.8. The number of amides is 1. The maximum absolute atomic E-state index is 13.0. The van der Waals surface area contributed by atoms with Gasteiger partial charge in [0, 0.05) is 12.3 Å². The molecule has 1 unspecified atom stereocenters. The van der Waals surface area contributed by atoms with Crippen LogP contribution in [0.1, 0.15) is 28.9 Å². The fraction of sp³-hybridized carbons (Fsp3) is 0.304. The molecule has 1 saturated heterocycles. The van der Waals surface area contributed by atoms with Crippen molar-refractivity contribution in [1.29, 1.82) is 0 Å². The molecule has 0 bridgehead atoms. The summed E-state index contributed by atoms with van der Waals surface area (Å²) in [6.07, 6.45) is -1.03. The van der Waals surface area contributed by atoms with Crippen LogP contribution >= 0.6 is 0 Å². The first-order chi connectivity index (χ1) is 15.8. The van der Waals surface area contributed by atoms with Crippen LogP contribution in [-0.2, 0) is 10.9 Å². The van der Waals surface area contributed by atoms with E-state index in [4.69, 9.17) is 14.2 Å². The highest BCUT2D eigenvalue weighted by Crippen LogP contribution is 2.31. The van der Waals surface area contributed by atoms with Gasteiger partial charge < -0.3 is 19.5 Å². The van der Waals surface area contributed by atoms with Gasteiger partial charge in [-0.3, -0.25) is 4.79 Å². The third kappa shape index (κ3) is 5.46. The lowest BCUT2D eigenvalue weighted by atomic mass is 10.2. The van der Waals surface area contributed by atoms with E-state index in [9.17, 15) is 18.0 Å². The van der Waals surface area contributed by atoms with Gasteiger partial charge in [-0.2, -0.15) is 18.3 Å². The van der Waals surface area contributed by atoms with Crippen molar-refractivity contribution in [3.63, 3.8) is 0 Å². The van der Waals surface area contributed by atoms with Crippen LogP contribution in [0.15, 0.2) is 54.7 Å². The van der Waals surface area contributed by atoms with Crippen molar-refractivity contribution in [2.75, 3.05) is 25.6 Å². The minimum absolute atomic E-state index is 0.0615. The molecule has 0 aliphatic carbocycles.